The Balaban J connectivity index is 2.45. The largest absolute Gasteiger partial charge is 0.481 e. The SMILES string of the molecule is CCN(Cc1ccncc1)C(=O)NCC(C)CC(=O)O. The number of carbonyl (C=O) groups is 2. The van der Waals surface area contributed by atoms with Gasteiger partial charge in [-0.2, -0.15) is 0 Å². The number of carboxylic acid groups (broad SMARTS) is 1. The summed E-state index contributed by atoms with van der Waals surface area (Å²) in [6, 6.07) is 3.55. The number of aromatic nitrogens is 1. The van der Waals surface area contributed by atoms with Gasteiger partial charge in [-0.3, -0.25) is 9.78 Å². The van der Waals surface area contributed by atoms with Crippen molar-refractivity contribution in [3.8, 4) is 0 Å². The lowest BCUT2D eigenvalue weighted by atomic mass is 10.1. The van der Waals surface area contributed by atoms with Crippen LogP contribution in [-0.4, -0.2) is 40.1 Å². The fourth-order valence-electron chi connectivity index (χ4n) is 1.78. The van der Waals surface area contributed by atoms with E-state index in [1.54, 1.807) is 24.2 Å². The molecule has 1 atom stereocenters. The number of pyridine rings is 1. The molecule has 1 aromatic rings. The summed E-state index contributed by atoms with van der Waals surface area (Å²) in [5.74, 6) is -0.938. The first-order valence-corrected chi connectivity index (χ1v) is 6.66. The summed E-state index contributed by atoms with van der Waals surface area (Å²) in [6.45, 7) is 5.16. The molecule has 20 heavy (non-hydrogen) atoms. The number of amides is 2. The number of aliphatic carboxylic acids is 1. The third-order valence-corrected chi connectivity index (χ3v) is 2.92. The number of hydrogen-bond acceptors (Lipinski definition) is 3. The van der Waals surface area contributed by atoms with Gasteiger partial charge in [0, 0.05) is 38.4 Å². The molecule has 110 valence electrons. The molecule has 2 N–H and O–H groups in total. The lowest BCUT2D eigenvalue weighted by molar-refractivity contribution is -0.137. The number of carboxylic acids is 1. The summed E-state index contributed by atoms with van der Waals surface area (Å²) < 4.78 is 0. The minimum Gasteiger partial charge on any atom is -0.481 e. The van der Waals surface area contributed by atoms with Crippen LogP contribution in [0.2, 0.25) is 0 Å². The molecule has 0 saturated heterocycles. The van der Waals surface area contributed by atoms with E-state index in [0.29, 0.717) is 19.6 Å². The van der Waals surface area contributed by atoms with Crippen molar-refractivity contribution in [3.63, 3.8) is 0 Å². The molecule has 0 aromatic carbocycles. The Morgan fingerprint density at radius 3 is 2.60 bits per heavy atom. The van der Waals surface area contributed by atoms with Crippen LogP contribution in [0.15, 0.2) is 24.5 Å². The van der Waals surface area contributed by atoms with E-state index in [-0.39, 0.29) is 18.4 Å². The molecular formula is C14H21N3O3. The van der Waals surface area contributed by atoms with Crippen molar-refractivity contribution >= 4 is 12.0 Å². The molecule has 0 aliphatic carbocycles. The van der Waals surface area contributed by atoms with E-state index in [4.69, 9.17) is 5.11 Å². The van der Waals surface area contributed by atoms with E-state index >= 15 is 0 Å². The third kappa shape index (κ3) is 5.69. The average molecular weight is 279 g/mol. The van der Waals surface area contributed by atoms with Crippen LogP contribution in [0.1, 0.15) is 25.8 Å². The Bertz CT molecular complexity index is 437. The minimum atomic E-state index is -0.851. The van der Waals surface area contributed by atoms with Crippen LogP contribution in [0.3, 0.4) is 0 Å². The van der Waals surface area contributed by atoms with Crippen LogP contribution in [0.5, 0.6) is 0 Å². The molecule has 6 nitrogen and oxygen atoms in total. The molecule has 0 aliphatic heterocycles. The molecule has 6 heteroatoms. The zero-order valence-electron chi connectivity index (χ0n) is 11.9. The number of hydrogen-bond donors (Lipinski definition) is 2. The molecule has 0 fully saturated rings. The predicted molar refractivity (Wildman–Crippen MR) is 75.1 cm³/mol. The quantitative estimate of drug-likeness (QED) is 0.796. The fourth-order valence-corrected chi connectivity index (χ4v) is 1.78. The second-order valence-electron chi connectivity index (χ2n) is 4.76. The van der Waals surface area contributed by atoms with Gasteiger partial charge in [0.1, 0.15) is 0 Å². The molecule has 0 spiro atoms. The zero-order valence-corrected chi connectivity index (χ0v) is 11.9. The first kappa shape index (κ1) is 15.9. The van der Waals surface area contributed by atoms with E-state index in [0.717, 1.165) is 5.56 Å². The van der Waals surface area contributed by atoms with Gasteiger partial charge in [-0.15, -0.1) is 0 Å². The van der Waals surface area contributed by atoms with Gasteiger partial charge in [-0.05, 0) is 30.5 Å². The second-order valence-corrected chi connectivity index (χ2v) is 4.76. The lowest BCUT2D eigenvalue weighted by Crippen LogP contribution is -2.41. The molecule has 0 aliphatic rings. The number of nitrogens with one attached hydrogen (secondary N) is 1. The number of urea groups is 1. The number of carbonyl (C=O) groups excluding carboxylic acids is 1. The summed E-state index contributed by atoms with van der Waals surface area (Å²) in [7, 11) is 0. The minimum absolute atomic E-state index is 0.0523. The monoisotopic (exact) mass is 279 g/mol. The van der Waals surface area contributed by atoms with Crippen LogP contribution in [-0.2, 0) is 11.3 Å². The third-order valence-electron chi connectivity index (χ3n) is 2.92. The van der Waals surface area contributed by atoms with E-state index in [9.17, 15) is 9.59 Å². The summed E-state index contributed by atoms with van der Waals surface area (Å²) in [6.07, 6.45) is 3.43. The first-order chi connectivity index (χ1) is 9.52. The molecule has 1 heterocycles. The van der Waals surface area contributed by atoms with E-state index in [1.165, 1.54) is 0 Å². The summed E-state index contributed by atoms with van der Waals surface area (Å²) in [4.78, 5) is 28.2. The normalized spacial score (nSPS) is 11.7. The van der Waals surface area contributed by atoms with Crippen molar-refractivity contribution in [1.82, 2.24) is 15.2 Å². The summed E-state index contributed by atoms with van der Waals surface area (Å²) in [5.41, 5.74) is 1.01. The average Bonchev–Trinajstić information content (AvgIpc) is 2.42. The Labute approximate surface area is 118 Å². The van der Waals surface area contributed by atoms with Crippen LogP contribution in [0.4, 0.5) is 4.79 Å². The smallest absolute Gasteiger partial charge is 0.317 e. The van der Waals surface area contributed by atoms with Gasteiger partial charge in [-0.1, -0.05) is 6.92 Å². The molecule has 2 amide bonds. The van der Waals surface area contributed by atoms with Crippen molar-refractivity contribution < 1.29 is 14.7 Å². The highest BCUT2D eigenvalue weighted by atomic mass is 16.4. The van der Waals surface area contributed by atoms with Crippen LogP contribution < -0.4 is 5.32 Å². The zero-order chi connectivity index (χ0) is 15.0. The summed E-state index contributed by atoms with van der Waals surface area (Å²) in [5, 5.41) is 11.4. The van der Waals surface area contributed by atoms with Gasteiger partial charge in [0.15, 0.2) is 0 Å². The predicted octanol–water partition coefficient (Wildman–Crippen LogP) is 1.72. The lowest BCUT2D eigenvalue weighted by Gasteiger charge is -2.22. The Hall–Kier alpha value is -2.11. The van der Waals surface area contributed by atoms with Gasteiger partial charge < -0.3 is 15.3 Å². The van der Waals surface area contributed by atoms with Crippen LogP contribution >= 0.6 is 0 Å². The molecule has 1 rings (SSSR count). The van der Waals surface area contributed by atoms with Gasteiger partial charge in [0.2, 0.25) is 0 Å². The van der Waals surface area contributed by atoms with Crippen molar-refractivity contribution in [1.29, 1.82) is 0 Å². The maximum absolute atomic E-state index is 12.0. The first-order valence-electron chi connectivity index (χ1n) is 6.66. The molecule has 1 unspecified atom stereocenters. The van der Waals surface area contributed by atoms with Gasteiger partial charge in [0.25, 0.3) is 0 Å². The molecule has 1 aromatic heterocycles. The van der Waals surface area contributed by atoms with Crippen LogP contribution in [0, 0.1) is 5.92 Å². The van der Waals surface area contributed by atoms with Crippen molar-refractivity contribution in [2.45, 2.75) is 26.8 Å². The number of rotatable bonds is 7. The van der Waals surface area contributed by atoms with Crippen LogP contribution in [0.25, 0.3) is 0 Å². The highest BCUT2D eigenvalue weighted by Gasteiger charge is 2.14. The highest BCUT2D eigenvalue weighted by Crippen LogP contribution is 2.04. The second kappa shape index (κ2) is 8.14. The Morgan fingerprint density at radius 2 is 2.05 bits per heavy atom. The van der Waals surface area contributed by atoms with E-state index in [1.807, 2.05) is 19.1 Å². The Morgan fingerprint density at radius 1 is 1.40 bits per heavy atom. The van der Waals surface area contributed by atoms with Crippen molar-refractivity contribution in [2.24, 2.45) is 5.92 Å². The van der Waals surface area contributed by atoms with Crippen molar-refractivity contribution in [2.75, 3.05) is 13.1 Å². The van der Waals surface area contributed by atoms with Gasteiger partial charge in [0.05, 0.1) is 0 Å². The highest BCUT2D eigenvalue weighted by molar-refractivity contribution is 5.74. The maximum Gasteiger partial charge on any atom is 0.317 e. The number of nitrogens with zero attached hydrogens (tertiary/aromatic N) is 2. The van der Waals surface area contributed by atoms with Gasteiger partial charge >= 0.3 is 12.0 Å². The molecular weight excluding hydrogens is 258 g/mol. The molecule has 0 saturated carbocycles. The van der Waals surface area contributed by atoms with E-state index < -0.39 is 5.97 Å². The molecule has 0 radical (unpaired) electrons. The van der Waals surface area contributed by atoms with Crippen molar-refractivity contribution in [3.05, 3.63) is 30.1 Å². The maximum atomic E-state index is 12.0. The van der Waals surface area contributed by atoms with Gasteiger partial charge in [-0.25, -0.2) is 4.79 Å². The molecule has 0 bridgehead atoms. The topological polar surface area (TPSA) is 82.5 Å². The van der Waals surface area contributed by atoms with E-state index in [2.05, 4.69) is 10.3 Å². The fraction of sp³-hybridized carbons (Fsp3) is 0.500. The standard InChI is InChI=1S/C14H21N3O3/c1-3-17(10-12-4-6-15-7-5-12)14(20)16-9-11(2)8-13(18)19/h4-7,11H,3,8-10H2,1-2H3,(H,16,20)(H,18,19). The Kier molecular flexibility index (Phi) is 6.49. The summed E-state index contributed by atoms with van der Waals surface area (Å²) >= 11 is 0.